The number of hydrogen-bond donors (Lipinski definition) is 1. The van der Waals surface area contributed by atoms with E-state index in [4.69, 9.17) is 16.3 Å². The Morgan fingerprint density at radius 1 is 1.00 bits per heavy atom. The number of nitrogens with zero attached hydrogens (tertiary/aromatic N) is 1. The van der Waals surface area contributed by atoms with Gasteiger partial charge in [0, 0.05) is 5.02 Å². The number of ether oxygens (including phenoxy) is 1. The molecule has 0 aliphatic carbocycles. The van der Waals surface area contributed by atoms with E-state index in [-0.39, 0.29) is 5.57 Å². The van der Waals surface area contributed by atoms with Crippen LogP contribution in [0.15, 0.2) is 70.7 Å². The van der Waals surface area contributed by atoms with Gasteiger partial charge in [-0.15, -0.1) is 0 Å². The number of barbiturate groups is 1. The third kappa shape index (κ3) is 5.05. The summed E-state index contributed by atoms with van der Waals surface area (Å²) in [5.41, 5.74) is 3.60. The Hall–Kier alpha value is -3.42. The topological polar surface area (TPSA) is 75.7 Å². The summed E-state index contributed by atoms with van der Waals surface area (Å²) in [5.74, 6) is -0.821. The summed E-state index contributed by atoms with van der Waals surface area (Å²) < 4.78 is 6.51. The number of rotatable bonds is 5. The minimum atomic E-state index is -0.772. The van der Waals surface area contributed by atoms with Gasteiger partial charge < -0.3 is 4.74 Å². The molecule has 3 aromatic carbocycles. The van der Waals surface area contributed by atoms with Crippen LogP contribution in [0.5, 0.6) is 5.75 Å². The highest BCUT2D eigenvalue weighted by Gasteiger charge is 2.37. The molecule has 0 radical (unpaired) electrons. The van der Waals surface area contributed by atoms with Gasteiger partial charge in [0.25, 0.3) is 11.8 Å². The highest BCUT2D eigenvalue weighted by Crippen LogP contribution is 2.30. The van der Waals surface area contributed by atoms with E-state index in [9.17, 15) is 14.4 Å². The molecule has 0 unspecified atom stereocenters. The summed E-state index contributed by atoms with van der Waals surface area (Å²) >= 11 is 9.39. The quantitative estimate of drug-likeness (QED) is 0.320. The van der Waals surface area contributed by atoms with Crippen LogP contribution in [-0.2, 0) is 16.2 Å². The van der Waals surface area contributed by atoms with Crippen LogP contribution in [-0.4, -0.2) is 17.8 Å². The average Bonchev–Trinajstić information content (AvgIpc) is 2.78. The van der Waals surface area contributed by atoms with Gasteiger partial charge in [0.2, 0.25) is 0 Å². The second-order valence-electron chi connectivity index (χ2n) is 7.85. The molecule has 0 atom stereocenters. The van der Waals surface area contributed by atoms with E-state index in [1.54, 1.807) is 36.4 Å². The van der Waals surface area contributed by atoms with Crippen LogP contribution in [0.3, 0.4) is 0 Å². The molecule has 4 amide bonds. The molecule has 6 nitrogen and oxygen atoms in total. The highest BCUT2D eigenvalue weighted by molar-refractivity contribution is 9.10. The van der Waals surface area contributed by atoms with Gasteiger partial charge in [-0.25, -0.2) is 9.69 Å². The Bertz CT molecular complexity index is 1340. The summed E-state index contributed by atoms with van der Waals surface area (Å²) in [6, 6.07) is 17.2. The van der Waals surface area contributed by atoms with Gasteiger partial charge in [-0.05, 0) is 82.9 Å². The lowest BCUT2D eigenvalue weighted by atomic mass is 10.0. The van der Waals surface area contributed by atoms with Crippen molar-refractivity contribution in [2.45, 2.75) is 20.5 Å². The van der Waals surface area contributed by atoms with E-state index in [1.807, 2.05) is 38.1 Å². The van der Waals surface area contributed by atoms with E-state index in [0.29, 0.717) is 33.1 Å². The molecule has 0 aromatic heterocycles. The van der Waals surface area contributed by atoms with E-state index >= 15 is 0 Å². The molecule has 0 saturated carbocycles. The number of amides is 4. The zero-order chi connectivity index (χ0) is 24.4. The number of benzene rings is 3. The van der Waals surface area contributed by atoms with Gasteiger partial charge in [-0.2, -0.15) is 0 Å². The van der Waals surface area contributed by atoms with E-state index < -0.39 is 17.8 Å². The number of imide groups is 2. The minimum Gasteiger partial charge on any atom is -0.488 e. The number of anilines is 1. The third-order valence-electron chi connectivity index (χ3n) is 5.27. The maximum atomic E-state index is 13.2. The molecule has 1 aliphatic heterocycles. The van der Waals surface area contributed by atoms with Crippen molar-refractivity contribution in [2.24, 2.45) is 0 Å². The van der Waals surface area contributed by atoms with Crippen LogP contribution in [0.1, 0.15) is 22.3 Å². The summed E-state index contributed by atoms with van der Waals surface area (Å²) in [6.07, 6.45) is 1.45. The molecule has 172 valence electrons. The molecule has 1 heterocycles. The molecule has 8 heteroatoms. The molecule has 1 saturated heterocycles. The summed E-state index contributed by atoms with van der Waals surface area (Å²) in [7, 11) is 0. The van der Waals surface area contributed by atoms with Gasteiger partial charge in [0.1, 0.15) is 17.9 Å². The largest absolute Gasteiger partial charge is 0.488 e. The first-order valence-electron chi connectivity index (χ1n) is 10.4. The van der Waals surface area contributed by atoms with Crippen LogP contribution >= 0.6 is 27.5 Å². The first-order chi connectivity index (χ1) is 16.2. The fourth-order valence-electron chi connectivity index (χ4n) is 3.56. The maximum absolute atomic E-state index is 13.2. The number of urea groups is 1. The van der Waals surface area contributed by atoms with Crippen LogP contribution in [0.2, 0.25) is 5.02 Å². The zero-order valence-electron chi connectivity index (χ0n) is 18.4. The second kappa shape index (κ2) is 9.83. The Morgan fingerprint density at radius 3 is 2.41 bits per heavy atom. The van der Waals surface area contributed by atoms with Gasteiger partial charge in [0.05, 0.1) is 10.2 Å². The second-order valence-corrected chi connectivity index (χ2v) is 9.14. The fraction of sp³-hybridized carbons (Fsp3) is 0.115. The van der Waals surface area contributed by atoms with E-state index in [2.05, 4.69) is 21.2 Å². The van der Waals surface area contributed by atoms with Crippen molar-refractivity contribution in [1.82, 2.24) is 5.32 Å². The predicted octanol–water partition coefficient (Wildman–Crippen LogP) is 5.96. The highest BCUT2D eigenvalue weighted by atomic mass is 79.9. The van der Waals surface area contributed by atoms with Crippen molar-refractivity contribution in [2.75, 3.05) is 4.90 Å². The first kappa shape index (κ1) is 23.7. The average molecular weight is 540 g/mol. The smallest absolute Gasteiger partial charge is 0.335 e. The molecule has 34 heavy (non-hydrogen) atoms. The van der Waals surface area contributed by atoms with E-state index in [1.165, 1.54) is 6.08 Å². The van der Waals surface area contributed by atoms with E-state index in [0.717, 1.165) is 21.6 Å². The van der Waals surface area contributed by atoms with Crippen molar-refractivity contribution in [1.29, 1.82) is 0 Å². The van der Waals surface area contributed by atoms with Crippen LogP contribution in [0.4, 0.5) is 10.5 Å². The summed E-state index contributed by atoms with van der Waals surface area (Å²) in [4.78, 5) is 39.1. The Kier molecular flexibility index (Phi) is 6.86. The molecule has 1 aliphatic rings. The standard InChI is InChI=1S/C26H20BrClN2O4/c1-15-3-9-22(16(2)11-15)30-25(32)20(24(31)29-26(30)33)12-18-6-10-23(21(27)13-18)34-14-17-4-7-19(28)8-5-17/h3-13H,14H2,1-2H3,(H,29,31,33)/b20-12+. The lowest BCUT2D eigenvalue weighted by molar-refractivity contribution is -0.122. The summed E-state index contributed by atoms with van der Waals surface area (Å²) in [6.45, 7) is 4.08. The number of carbonyl (C=O) groups is 3. The lowest BCUT2D eigenvalue weighted by Crippen LogP contribution is -2.54. The molecule has 0 bridgehead atoms. The Labute approximate surface area is 210 Å². The van der Waals surface area contributed by atoms with Crippen molar-refractivity contribution >= 4 is 57.1 Å². The zero-order valence-corrected chi connectivity index (χ0v) is 20.7. The molecule has 1 N–H and O–H groups in total. The molecular weight excluding hydrogens is 520 g/mol. The Morgan fingerprint density at radius 2 is 1.74 bits per heavy atom. The fourth-order valence-corrected chi connectivity index (χ4v) is 4.20. The van der Waals surface area contributed by atoms with Crippen LogP contribution < -0.4 is 15.0 Å². The number of hydrogen-bond acceptors (Lipinski definition) is 4. The Balaban J connectivity index is 1.57. The molecule has 0 spiro atoms. The van der Waals surface area contributed by atoms with Crippen molar-refractivity contribution in [3.8, 4) is 5.75 Å². The molecular formula is C26H20BrClN2O4. The molecule has 1 fully saturated rings. The van der Waals surface area contributed by atoms with Gasteiger partial charge in [0.15, 0.2) is 0 Å². The van der Waals surface area contributed by atoms with Crippen LogP contribution in [0, 0.1) is 13.8 Å². The number of nitrogens with one attached hydrogen (secondary N) is 1. The van der Waals surface area contributed by atoms with Crippen LogP contribution in [0.25, 0.3) is 6.08 Å². The van der Waals surface area contributed by atoms with Crippen molar-refractivity contribution in [3.63, 3.8) is 0 Å². The van der Waals surface area contributed by atoms with Crippen molar-refractivity contribution in [3.05, 3.63) is 98.0 Å². The lowest BCUT2D eigenvalue weighted by Gasteiger charge is -2.27. The normalized spacial score (nSPS) is 15.0. The minimum absolute atomic E-state index is 0.138. The van der Waals surface area contributed by atoms with Crippen molar-refractivity contribution < 1.29 is 19.1 Å². The van der Waals surface area contributed by atoms with Gasteiger partial charge >= 0.3 is 6.03 Å². The van der Waals surface area contributed by atoms with Gasteiger partial charge in [-0.1, -0.05) is 47.5 Å². The number of carbonyl (C=O) groups excluding carboxylic acids is 3. The molecule has 3 aromatic rings. The summed E-state index contributed by atoms with van der Waals surface area (Å²) in [5, 5.41) is 2.91. The predicted molar refractivity (Wildman–Crippen MR) is 135 cm³/mol. The number of halogens is 2. The third-order valence-corrected chi connectivity index (χ3v) is 6.14. The van der Waals surface area contributed by atoms with Gasteiger partial charge in [-0.3, -0.25) is 14.9 Å². The number of aryl methyl sites for hydroxylation is 2. The first-order valence-corrected chi connectivity index (χ1v) is 11.6. The SMILES string of the molecule is Cc1ccc(N2C(=O)NC(=O)/C(=C\c3ccc(OCc4ccc(Cl)cc4)c(Br)c3)C2=O)c(C)c1. The monoisotopic (exact) mass is 538 g/mol. The molecule has 4 rings (SSSR count). The maximum Gasteiger partial charge on any atom is 0.335 e.